The lowest BCUT2D eigenvalue weighted by Crippen LogP contribution is -2.41. The summed E-state index contributed by atoms with van der Waals surface area (Å²) in [4.78, 5) is 7.41. The van der Waals surface area contributed by atoms with Crippen LogP contribution in [0.25, 0.3) is 0 Å². The minimum atomic E-state index is 0.190. The maximum Gasteiger partial charge on any atom is 0.191 e. The van der Waals surface area contributed by atoms with Crippen molar-refractivity contribution in [3.05, 3.63) is 36.3 Å². The Morgan fingerprint density at radius 1 is 1.21 bits per heavy atom. The van der Waals surface area contributed by atoms with Crippen molar-refractivity contribution in [1.82, 2.24) is 30.3 Å². The van der Waals surface area contributed by atoms with Crippen molar-refractivity contribution in [2.75, 3.05) is 32.7 Å². The number of hydrogen-bond acceptors (Lipinski definition) is 5. The van der Waals surface area contributed by atoms with Gasteiger partial charge in [-0.2, -0.15) is 0 Å². The maximum absolute atomic E-state index is 5.75. The van der Waals surface area contributed by atoms with Gasteiger partial charge in [0.25, 0.3) is 0 Å². The van der Waals surface area contributed by atoms with Gasteiger partial charge in [0.1, 0.15) is 17.9 Å². The average Bonchev–Trinajstić information content (AvgIpc) is 3.44. The number of aliphatic imine (C=N–C) groups is 1. The van der Waals surface area contributed by atoms with Crippen molar-refractivity contribution in [2.45, 2.75) is 58.5 Å². The van der Waals surface area contributed by atoms with Gasteiger partial charge in [-0.25, -0.2) is 0 Å². The number of likely N-dealkylation sites (tertiary alicyclic amines) is 1. The second kappa shape index (κ2) is 11.6. The molecule has 1 aliphatic heterocycles. The van der Waals surface area contributed by atoms with Crippen molar-refractivity contribution in [3.63, 3.8) is 0 Å². The maximum atomic E-state index is 5.75. The van der Waals surface area contributed by atoms with E-state index in [1.54, 1.807) is 12.6 Å². The number of furan rings is 1. The van der Waals surface area contributed by atoms with Crippen LogP contribution in [-0.2, 0) is 13.0 Å². The Kier molecular flexibility index (Phi) is 8.55. The average molecular weight is 402 g/mol. The van der Waals surface area contributed by atoms with Crippen LogP contribution in [0.5, 0.6) is 0 Å². The van der Waals surface area contributed by atoms with E-state index in [-0.39, 0.29) is 6.04 Å². The summed E-state index contributed by atoms with van der Waals surface area (Å²) in [7, 11) is 0. The highest BCUT2D eigenvalue weighted by Crippen LogP contribution is 2.25. The molecule has 1 unspecified atom stereocenters. The molecule has 2 aromatic rings. The van der Waals surface area contributed by atoms with Crippen LogP contribution in [0.15, 0.2) is 34.1 Å². The molecule has 0 aromatic carbocycles. The zero-order valence-electron chi connectivity index (χ0n) is 17.8. The second-order valence-corrected chi connectivity index (χ2v) is 7.46. The van der Waals surface area contributed by atoms with Gasteiger partial charge in [0.2, 0.25) is 0 Å². The van der Waals surface area contributed by atoms with Crippen LogP contribution in [0.1, 0.15) is 57.2 Å². The fourth-order valence-corrected chi connectivity index (χ4v) is 3.73. The van der Waals surface area contributed by atoms with Crippen molar-refractivity contribution in [3.8, 4) is 0 Å². The van der Waals surface area contributed by atoms with E-state index in [0.717, 1.165) is 63.1 Å². The highest BCUT2D eigenvalue weighted by Gasteiger charge is 2.24. The van der Waals surface area contributed by atoms with Gasteiger partial charge >= 0.3 is 0 Å². The number of piperidine rings is 1. The molecule has 0 radical (unpaired) electrons. The zero-order valence-corrected chi connectivity index (χ0v) is 17.8. The minimum Gasteiger partial charge on any atom is -0.468 e. The highest BCUT2D eigenvalue weighted by molar-refractivity contribution is 5.79. The molecule has 0 saturated carbocycles. The van der Waals surface area contributed by atoms with E-state index in [4.69, 9.17) is 9.41 Å². The van der Waals surface area contributed by atoms with Crippen molar-refractivity contribution in [2.24, 2.45) is 4.99 Å². The van der Waals surface area contributed by atoms with Crippen LogP contribution in [0, 0.1) is 0 Å². The van der Waals surface area contributed by atoms with Crippen molar-refractivity contribution < 1.29 is 4.42 Å². The topological polar surface area (TPSA) is 83.5 Å². The van der Waals surface area contributed by atoms with E-state index in [1.807, 2.05) is 6.07 Å². The molecule has 1 fully saturated rings. The van der Waals surface area contributed by atoms with Gasteiger partial charge in [0.15, 0.2) is 5.96 Å². The Bertz CT molecular complexity index is 719. The summed E-state index contributed by atoms with van der Waals surface area (Å²) in [6.45, 7) is 9.65. The number of hydrogen-bond donors (Lipinski definition) is 2. The monoisotopic (exact) mass is 401 g/mol. The first kappa shape index (κ1) is 21.4. The molecule has 0 bridgehead atoms. The molecule has 1 aliphatic rings. The minimum absolute atomic E-state index is 0.190. The number of aromatic nitrogens is 3. The summed E-state index contributed by atoms with van der Waals surface area (Å²) < 4.78 is 7.84. The van der Waals surface area contributed by atoms with Gasteiger partial charge in [-0.15, -0.1) is 10.2 Å². The van der Waals surface area contributed by atoms with E-state index in [1.165, 1.54) is 19.3 Å². The summed E-state index contributed by atoms with van der Waals surface area (Å²) in [6, 6.07) is 4.23. The predicted molar refractivity (Wildman–Crippen MR) is 115 cm³/mol. The Morgan fingerprint density at radius 2 is 2.03 bits per heavy atom. The third-order valence-electron chi connectivity index (χ3n) is 5.32. The lowest BCUT2D eigenvalue weighted by atomic mass is 10.1. The van der Waals surface area contributed by atoms with Gasteiger partial charge in [0, 0.05) is 26.1 Å². The van der Waals surface area contributed by atoms with E-state index < -0.39 is 0 Å². The number of guanidine groups is 1. The summed E-state index contributed by atoms with van der Waals surface area (Å²) in [5, 5.41) is 15.0. The zero-order chi connectivity index (χ0) is 20.3. The standard InChI is InChI=1S/C21H35N7O/c1-3-10-22-21(23-11-14-28-17-25-26-20(28)4-2)24-16-18(19-9-8-15-29-19)27-12-6-5-7-13-27/h8-9,15,17-18H,3-7,10-14,16H2,1-2H3,(H2,22,23,24). The molecule has 2 aromatic heterocycles. The molecule has 1 atom stereocenters. The molecule has 0 spiro atoms. The van der Waals surface area contributed by atoms with Crippen LogP contribution in [0.3, 0.4) is 0 Å². The smallest absolute Gasteiger partial charge is 0.191 e. The molecule has 3 heterocycles. The number of nitrogens with zero attached hydrogens (tertiary/aromatic N) is 5. The fraction of sp³-hybridized carbons (Fsp3) is 0.667. The molecule has 3 rings (SSSR count). The Hall–Kier alpha value is -2.35. The first-order chi connectivity index (χ1) is 14.3. The summed E-state index contributed by atoms with van der Waals surface area (Å²) >= 11 is 0. The molecule has 0 aliphatic carbocycles. The Balaban J connectivity index is 1.62. The number of nitrogens with one attached hydrogen (secondary N) is 2. The van der Waals surface area contributed by atoms with E-state index >= 15 is 0 Å². The summed E-state index contributed by atoms with van der Waals surface area (Å²) in [5.74, 6) is 2.86. The van der Waals surface area contributed by atoms with E-state index in [9.17, 15) is 0 Å². The summed E-state index contributed by atoms with van der Waals surface area (Å²) in [5.41, 5.74) is 0. The largest absolute Gasteiger partial charge is 0.468 e. The van der Waals surface area contributed by atoms with Crippen LogP contribution >= 0.6 is 0 Å². The van der Waals surface area contributed by atoms with E-state index in [2.05, 4.69) is 50.2 Å². The highest BCUT2D eigenvalue weighted by atomic mass is 16.3. The molecular formula is C21H35N7O. The third-order valence-corrected chi connectivity index (χ3v) is 5.32. The number of rotatable bonds is 10. The molecule has 160 valence electrons. The van der Waals surface area contributed by atoms with Crippen molar-refractivity contribution in [1.29, 1.82) is 0 Å². The van der Waals surface area contributed by atoms with Crippen LogP contribution in [0.2, 0.25) is 0 Å². The second-order valence-electron chi connectivity index (χ2n) is 7.46. The first-order valence-electron chi connectivity index (χ1n) is 11.0. The molecular weight excluding hydrogens is 366 g/mol. The molecule has 8 heteroatoms. The third kappa shape index (κ3) is 6.32. The summed E-state index contributed by atoms with van der Waals surface area (Å²) in [6.07, 6.45) is 9.31. The molecule has 0 amide bonds. The van der Waals surface area contributed by atoms with Gasteiger partial charge in [-0.05, 0) is 44.5 Å². The molecule has 2 N–H and O–H groups in total. The molecule has 29 heavy (non-hydrogen) atoms. The van der Waals surface area contributed by atoms with Crippen LogP contribution < -0.4 is 10.6 Å². The Morgan fingerprint density at radius 3 is 2.76 bits per heavy atom. The van der Waals surface area contributed by atoms with Crippen LogP contribution in [0.4, 0.5) is 0 Å². The Labute approximate surface area is 173 Å². The SMILES string of the molecule is CCCNC(=NCC(c1ccco1)N1CCCCC1)NCCn1cnnc1CC. The van der Waals surface area contributed by atoms with Gasteiger partial charge < -0.3 is 19.6 Å². The molecule has 8 nitrogen and oxygen atoms in total. The number of aryl methyl sites for hydroxylation is 1. The van der Waals surface area contributed by atoms with Crippen LogP contribution in [-0.4, -0.2) is 58.3 Å². The van der Waals surface area contributed by atoms with Gasteiger partial charge in [-0.1, -0.05) is 20.3 Å². The quantitative estimate of drug-likeness (QED) is 0.470. The van der Waals surface area contributed by atoms with Gasteiger partial charge in [0.05, 0.1) is 18.8 Å². The normalized spacial score (nSPS) is 16.7. The first-order valence-corrected chi connectivity index (χ1v) is 11.0. The lowest BCUT2D eigenvalue weighted by Gasteiger charge is -2.32. The van der Waals surface area contributed by atoms with Gasteiger partial charge in [-0.3, -0.25) is 9.89 Å². The van der Waals surface area contributed by atoms with Crippen molar-refractivity contribution >= 4 is 5.96 Å². The lowest BCUT2D eigenvalue weighted by molar-refractivity contribution is 0.150. The van der Waals surface area contributed by atoms with E-state index in [0.29, 0.717) is 6.54 Å². The predicted octanol–water partition coefficient (Wildman–Crippen LogP) is 2.61. The fourth-order valence-electron chi connectivity index (χ4n) is 3.73. The molecule has 1 saturated heterocycles.